The van der Waals surface area contributed by atoms with Crippen molar-refractivity contribution in [2.75, 3.05) is 0 Å². The second-order valence-corrected chi connectivity index (χ2v) is 7.19. The van der Waals surface area contributed by atoms with E-state index < -0.39 is 5.97 Å². The Bertz CT molecular complexity index is 320. The summed E-state index contributed by atoms with van der Waals surface area (Å²) in [7, 11) is 0. The van der Waals surface area contributed by atoms with Gasteiger partial charge in [0.2, 0.25) is 0 Å². The molecule has 4 aliphatic rings. The Balaban J connectivity index is 1.94. The molecule has 90 valence electrons. The Kier molecular flexibility index (Phi) is 2.01. The van der Waals surface area contributed by atoms with E-state index in [1.807, 2.05) is 6.92 Å². The van der Waals surface area contributed by atoms with E-state index >= 15 is 0 Å². The molecule has 3 unspecified atom stereocenters. The SMILES string of the molecule is CC(C(=O)O)C12CC3CC(CC(C)(C3)C1)C2. The van der Waals surface area contributed by atoms with Gasteiger partial charge in [0.1, 0.15) is 0 Å². The lowest BCUT2D eigenvalue weighted by Crippen LogP contribution is -2.54. The van der Waals surface area contributed by atoms with Gasteiger partial charge in [0, 0.05) is 0 Å². The lowest BCUT2D eigenvalue weighted by molar-refractivity contribution is -0.164. The smallest absolute Gasteiger partial charge is 0.306 e. The molecule has 4 bridgehead atoms. The summed E-state index contributed by atoms with van der Waals surface area (Å²) in [5.74, 6) is 0.935. The van der Waals surface area contributed by atoms with Crippen molar-refractivity contribution < 1.29 is 9.90 Å². The lowest BCUT2D eigenvalue weighted by atomic mass is 9.42. The molecule has 0 spiro atoms. The van der Waals surface area contributed by atoms with E-state index in [0.29, 0.717) is 5.41 Å². The fourth-order valence-corrected chi connectivity index (χ4v) is 5.57. The number of carboxylic acids is 1. The molecule has 16 heavy (non-hydrogen) atoms. The Hall–Kier alpha value is -0.530. The minimum absolute atomic E-state index is 0.141. The molecular formula is C14H22O2. The first kappa shape index (κ1) is 10.6. The molecule has 2 nitrogen and oxygen atoms in total. The number of carboxylic acid groups (broad SMARTS) is 1. The first-order valence-corrected chi connectivity index (χ1v) is 6.65. The summed E-state index contributed by atoms with van der Waals surface area (Å²) in [5, 5.41) is 9.33. The van der Waals surface area contributed by atoms with Crippen molar-refractivity contribution in [3.05, 3.63) is 0 Å². The Morgan fingerprint density at radius 3 is 2.25 bits per heavy atom. The summed E-state index contributed by atoms with van der Waals surface area (Å²) in [6, 6.07) is 0. The predicted octanol–water partition coefficient (Wildman–Crippen LogP) is 3.31. The molecule has 0 aromatic carbocycles. The van der Waals surface area contributed by atoms with Gasteiger partial charge in [0.15, 0.2) is 0 Å². The Labute approximate surface area is 97.4 Å². The van der Waals surface area contributed by atoms with Gasteiger partial charge in [-0.2, -0.15) is 0 Å². The maximum absolute atomic E-state index is 11.3. The highest BCUT2D eigenvalue weighted by Crippen LogP contribution is 2.67. The zero-order valence-corrected chi connectivity index (χ0v) is 10.3. The monoisotopic (exact) mass is 222 g/mol. The Morgan fingerprint density at radius 2 is 1.81 bits per heavy atom. The minimum Gasteiger partial charge on any atom is -0.481 e. The van der Waals surface area contributed by atoms with Gasteiger partial charge < -0.3 is 5.11 Å². The van der Waals surface area contributed by atoms with Crippen molar-refractivity contribution in [1.82, 2.24) is 0 Å². The molecular weight excluding hydrogens is 200 g/mol. The van der Waals surface area contributed by atoms with E-state index in [0.717, 1.165) is 11.8 Å². The Morgan fingerprint density at radius 1 is 1.25 bits per heavy atom. The highest BCUT2D eigenvalue weighted by atomic mass is 16.4. The average molecular weight is 222 g/mol. The fourth-order valence-electron chi connectivity index (χ4n) is 5.57. The second-order valence-electron chi connectivity index (χ2n) is 7.19. The van der Waals surface area contributed by atoms with Crippen LogP contribution in [0, 0.1) is 28.6 Å². The minimum atomic E-state index is -0.578. The molecule has 1 N–H and O–H groups in total. The standard InChI is InChI=1S/C14H22O2/c1-9(12(15)16)14-6-10-3-11(7-14)5-13(2,4-10)8-14/h9-11H,3-8H2,1-2H3,(H,15,16). The summed E-state index contributed by atoms with van der Waals surface area (Å²) in [4.78, 5) is 11.3. The number of aliphatic carboxylic acids is 1. The van der Waals surface area contributed by atoms with Crippen molar-refractivity contribution in [1.29, 1.82) is 0 Å². The topological polar surface area (TPSA) is 37.3 Å². The second kappa shape index (κ2) is 3.02. The molecule has 0 radical (unpaired) electrons. The third kappa shape index (κ3) is 1.34. The van der Waals surface area contributed by atoms with Crippen LogP contribution in [0.5, 0.6) is 0 Å². The normalized spacial score (nSPS) is 51.6. The van der Waals surface area contributed by atoms with Crippen LogP contribution in [0.15, 0.2) is 0 Å². The van der Waals surface area contributed by atoms with E-state index in [2.05, 4.69) is 6.92 Å². The van der Waals surface area contributed by atoms with Crippen LogP contribution in [0.2, 0.25) is 0 Å². The van der Waals surface area contributed by atoms with Crippen molar-refractivity contribution >= 4 is 5.97 Å². The van der Waals surface area contributed by atoms with Crippen molar-refractivity contribution in [2.24, 2.45) is 28.6 Å². The van der Waals surface area contributed by atoms with Crippen LogP contribution in [0.3, 0.4) is 0 Å². The summed E-state index contributed by atoms with van der Waals surface area (Å²) in [5.41, 5.74) is 0.610. The quantitative estimate of drug-likeness (QED) is 0.778. The average Bonchev–Trinajstić information content (AvgIpc) is 2.12. The molecule has 0 saturated heterocycles. The molecule has 4 saturated carbocycles. The van der Waals surface area contributed by atoms with Crippen LogP contribution in [0.25, 0.3) is 0 Å². The fraction of sp³-hybridized carbons (Fsp3) is 0.929. The van der Waals surface area contributed by atoms with Crippen LogP contribution in [-0.2, 0) is 4.79 Å². The summed E-state index contributed by atoms with van der Waals surface area (Å²) in [6.07, 6.45) is 7.64. The molecule has 0 heterocycles. The van der Waals surface area contributed by atoms with Gasteiger partial charge in [-0.25, -0.2) is 0 Å². The maximum atomic E-state index is 11.3. The van der Waals surface area contributed by atoms with Gasteiger partial charge in [0.05, 0.1) is 5.92 Å². The van der Waals surface area contributed by atoms with Crippen LogP contribution < -0.4 is 0 Å². The molecule has 3 atom stereocenters. The van der Waals surface area contributed by atoms with Crippen molar-refractivity contribution in [2.45, 2.75) is 52.4 Å². The maximum Gasteiger partial charge on any atom is 0.306 e. The van der Waals surface area contributed by atoms with Crippen LogP contribution in [-0.4, -0.2) is 11.1 Å². The van der Waals surface area contributed by atoms with Gasteiger partial charge in [-0.1, -0.05) is 13.8 Å². The molecule has 2 heteroatoms. The summed E-state index contributed by atoms with van der Waals surface area (Å²) >= 11 is 0. The van der Waals surface area contributed by atoms with Crippen LogP contribution in [0.4, 0.5) is 0 Å². The molecule has 4 fully saturated rings. The van der Waals surface area contributed by atoms with Crippen molar-refractivity contribution in [3.63, 3.8) is 0 Å². The van der Waals surface area contributed by atoms with E-state index in [9.17, 15) is 9.90 Å². The molecule has 0 aromatic rings. The molecule has 4 aliphatic carbocycles. The van der Waals surface area contributed by atoms with E-state index in [1.54, 1.807) is 0 Å². The largest absolute Gasteiger partial charge is 0.481 e. The third-order valence-corrected chi connectivity index (χ3v) is 5.69. The van der Waals surface area contributed by atoms with Gasteiger partial charge in [0.25, 0.3) is 0 Å². The zero-order chi connectivity index (χ0) is 11.6. The number of rotatable bonds is 2. The number of hydrogen-bond acceptors (Lipinski definition) is 1. The lowest BCUT2D eigenvalue weighted by Gasteiger charge is -2.62. The highest BCUT2D eigenvalue weighted by molar-refractivity contribution is 5.70. The van der Waals surface area contributed by atoms with Crippen LogP contribution in [0.1, 0.15) is 52.4 Å². The highest BCUT2D eigenvalue weighted by Gasteiger charge is 2.58. The first-order valence-electron chi connectivity index (χ1n) is 6.65. The molecule has 0 amide bonds. The molecule has 0 aliphatic heterocycles. The van der Waals surface area contributed by atoms with E-state index in [1.165, 1.54) is 38.5 Å². The van der Waals surface area contributed by atoms with E-state index in [-0.39, 0.29) is 11.3 Å². The summed E-state index contributed by atoms with van der Waals surface area (Å²) < 4.78 is 0. The number of hydrogen-bond donors (Lipinski definition) is 1. The van der Waals surface area contributed by atoms with Crippen LogP contribution >= 0.6 is 0 Å². The number of carbonyl (C=O) groups is 1. The predicted molar refractivity (Wildman–Crippen MR) is 62.0 cm³/mol. The van der Waals surface area contributed by atoms with Gasteiger partial charge in [-0.3, -0.25) is 4.79 Å². The van der Waals surface area contributed by atoms with Crippen molar-refractivity contribution in [3.8, 4) is 0 Å². The molecule has 4 rings (SSSR count). The van der Waals surface area contributed by atoms with Gasteiger partial charge in [-0.05, 0) is 61.2 Å². The third-order valence-electron chi connectivity index (χ3n) is 5.69. The first-order chi connectivity index (χ1) is 7.42. The molecule has 0 aromatic heterocycles. The van der Waals surface area contributed by atoms with Gasteiger partial charge in [-0.15, -0.1) is 0 Å². The van der Waals surface area contributed by atoms with E-state index in [4.69, 9.17) is 0 Å². The van der Waals surface area contributed by atoms with Gasteiger partial charge >= 0.3 is 5.97 Å². The zero-order valence-electron chi connectivity index (χ0n) is 10.3. The summed E-state index contributed by atoms with van der Waals surface area (Å²) in [6.45, 7) is 4.34.